The van der Waals surface area contributed by atoms with E-state index in [1.807, 2.05) is 0 Å². The van der Waals surface area contributed by atoms with E-state index in [4.69, 9.17) is 23.2 Å². The Balaban J connectivity index is 2.75. The Labute approximate surface area is 88.3 Å². The second kappa shape index (κ2) is 4.77. The molecule has 0 aliphatic rings. The van der Waals surface area contributed by atoms with Crippen molar-refractivity contribution in [2.75, 3.05) is 0 Å². The van der Waals surface area contributed by atoms with Crippen LogP contribution in [0.15, 0.2) is 6.33 Å². The fourth-order valence-corrected chi connectivity index (χ4v) is 1.51. The Morgan fingerprint density at radius 2 is 1.77 bits per heavy atom. The predicted molar refractivity (Wildman–Crippen MR) is 55.2 cm³/mol. The molecule has 0 unspecified atom stereocenters. The Morgan fingerprint density at radius 3 is 2.23 bits per heavy atom. The predicted octanol–water partition coefficient (Wildman–Crippen LogP) is 3.37. The lowest BCUT2D eigenvalue weighted by molar-refractivity contribution is 0.585. The number of hydrogen-bond donors (Lipinski definition) is 0. The van der Waals surface area contributed by atoms with Crippen molar-refractivity contribution >= 4 is 23.2 Å². The highest BCUT2D eigenvalue weighted by Crippen LogP contribution is 2.22. The van der Waals surface area contributed by atoms with Gasteiger partial charge in [0.25, 0.3) is 0 Å². The Bertz CT molecular complexity index is 267. The van der Waals surface area contributed by atoms with Gasteiger partial charge in [0.15, 0.2) is 0 Å². The average Bonchev–Trinajstić information content (AvgIpc) is 2.03. The van der Waals surface area contributed by atoms with Gasteiger partial charge in [-0.1, -0.05) is 37.0 Å². The maximum atomic E-state index is 5.88. The van der Waals surface area contributed by atoms with Gasteiger partial charge in [-0.05, 0) is 18.8 Å². The molecule has 0 saturated carbocycles. The van der Waals surface area contributed by atoms with Gasteiger partial charge < -0.3 is 0 Å². The van der Waals surface area contributed by atoms with Gasteiger partial charge in [-0.25, -0.2) is 9.97 Å². The summed E-state index contributed by atoms with van der Waals surface area (Å²) in [5.74, 6) is 0.632. The lowest BCUT2D eigenvalue weighted by Gasteiger charge is -2.06. The zero-order valence-corrected chi connectivity index (χ0v) is 9.23. The molecule has 13 heavy (non-hydrogen) atoms. The lowest BCUT2D eigenvalue weighted by atomic mass is 10.1. The highest BCUT2D eigenvalue weighted by Gasteiger charge is 2.08. The van der Waals surface area contributed by atoms with Crippen molar-refractivity contribution in [1.29, 1.82) is 0 Å². The molecule has 0 aliphatic carbocycles. The van der Waals surface area contributed by atoms with Gasteiger partial charge in [-0.2, -0.15) is 0 Å². The van der Waals surface area contributed by atoms with E-state index >= 15 is 0 Å². The first-order chi connectivity index (χ1) is 6.11. The first-order valence-corrected chi connectivity index (χ1v) is 5.01. The van der Waals surface area contributed by atoms with Crippen LogP contribution in [0.25, 0.3) is 0 Å². The standard InChI is InChI=1S/C9H12Cl2N2/c1-6(2)3-4-7-8(10)12-5-13-9(7)11/h5-6H,3-4H2,1-2H3. The third kappa shape index (κ3) is 3.12. The molecule has 0 fully saturated rings. The molecule has 0 aromatic carbocycles. The van der Waals surface area contributed by atoms with Gasteiger partial charge in [0.05, 0.1) is 0 Å². The summed E-state index contributed by atoms with van der Waals surface area (Å²) in [4.78, 5) is 7.78. The molecule has 0 radical (unpaired) electrons. The van der Waals surface area contributed by atoms with Crippen LogP contribution < -0.4 is 0 Å². The van der Waals surface area contributed by atoms with Gasteiger partial charge >= 0.3 is 0 Å². The molecule has 0 bridgehead atoms. The highest BCUT2D eigenvalue weighted by atomic mass is 35.5. The zero-order valence-electron chi connectivity index (χ0n) is 7.72. The molecule has 0 amide bonds. The van der Waals surface area contributed by atoms with Gasteiger partial charge in [0, 0.05) is 5.56 Å². The van der Waals surface area contributed by atoms with Crippen LogP contribution in [0.5, 0.6) is 0 Å². The van der Waals surface area contributed by atoms with Gasteiger partial charge in [0.1, 0.15) is 16.6 Å². The minimum absolute atomic E-state index is 0.473. The number of hydrogen-bond acceptors (Lipinski definition) is 2. The molecular formula is C9H12Cl2N2. The van der Waals surface area contributed by atoms with Crippen LogP contribution in [0.3, 0.4) is 0 Å². The van der Waals surface area contributed by atoms with Crippen LogP contribution in [0.4, 0.5) is 0 Å². The van der Waals surface area contributed by atoms with Crippen LogP contribution in [0.2, 0.25) is 10.3 Å². The van der Waals surface area contributed by atoms with E-state index in [0.717, 1.165) is 18.4 Å². The highest BCUT2D eigenvalue weighted by molar-refractivity contribution is 6.34. The molecule has 2 nitrogen and oxygen atoms in total. The third-order valence-corrected chi connectivity index (χ3v) is 2.46. The summed E-state index contributed by atoms with van der Waals surface area (Å²) in [5.41, 5.74) is 0.861. The van der Waals surface area contributed by atoms with Crippen molar-refractivity contribution in [3.63, 3.8) is 0 Å². The van der Waals surface area contributed by atoms with Crippen LogP contribution in [-0.2, 0) is 6.42 Å². The summed E-state index contributed by atoms with van der Waals surface area (Å²) >= 11 is 11.8. The van der Waals surface area contributed by atoms with E-state index < -0.39 is 0 Å². The topological polar surface area (TPSA) is 25.8 Å². The van der Waals surface area contributed by atoms with Crippen molar-refractivity contribution in [2.24, 2.45) is 5.92 Å². The van der Waals surface area contributed by atoms with Gasteiger partial charge in [0.2, 0.25) is 0 Å². The molecule has 4 heteroatoms. The minimum atomic E-state index is 0.473. The molecule has 1 aromatic heterocycles. The van der Waals surface area contributed by atoms with E-state index in [0.29, 0.717) is 16.2 Å². The van der Waals surface area contributed by atoms with E-state index in [1.54, 1.807) is 0 Å². The maximum absolute atomic E-state index is 5.88. The summed E-state index contributed by atoms with van der Waals surface area (Å²) in [6, 6.07) is 0. The lowest BCUT2D eigenvalue weighted by Crippen LogP contribution is -1.97. The smallest absolute Gasteiger partial charge is 0.137 e. The molecule has 1 rings (SSSR count). The van der Waals surface area contributed by atoms with E-state index in [-0.39, 0.29) is 0 Å². The second-order valence-corrected chi connectivity index (χ2v) is 4.08. The van der Waals surface area contributed by atoms with Crippen LogP contribution >= 0.6 is 23.2 Å². The summed E-state index contributed by atoms with van der Waals surface area (Å²) < 4.78 is 0. The maximum Gasteiger partial charge on any atom is 0.137 e. The molecule has 0 spiro atoms. The molecule has 1 aromatic rings. The first-order valence-electron chi connectivity index (χ1n) is 4.26. The van der Waals surface area contributed by atoms with Crippen molar-refractivity contribution in [2.45, 2.75) is 26.7 Å². The number of rotatable bonds is 3. The van der Waals surface area contributed by atoms with Crippen LogP contribution in [0, 0.1) is 5.92 Å². The first kappa shape index (κ1) is 10.7. The molecule has 0 saturated heterocycles. The molecule has 0 aliphatic heterocycles. The number of aromatic nitrogens is 2. The molecule has 1 heterocycles. The van der Waals surface area contributed by atoms with Gasteiger partial charge in [-0.15, -0.1) is 0 Å². The van der Waals surface area contributed by atoms with E-state index in [2.05, 4.69) is 23.8 Å². The van der Waals surface area contributed by atoms with Crippen LogP contribution in [-0.4, -0.2) is 9.97 Å². The van der Waals surface area contributed by atoms with Crippen molar-refractivity contribution < 1.29 is 0 Å². The summed E-state index contributed by atoms with van der Waals surface area (Å²) in [6.45, 7) is 4.32. The number of nitrogens with zero attached hydrogens (tertiary/aromatic N) is 2. The minimum Gasteiger partial charge on any atom is -0.224 e. The zero-order chi connectivity index (χ0) is 9.84. The normalized spacial score (nSPS) is 10.8. The molecule has 0 N–H and O–H groups in total. The Kier molecular flexibility index (Phi) is 3.94. The van der Waals surface area contributed by atoms with E-state index in [9.17, 15) is 0 Å². The second-order valence-electron chi connectivity index (χ2n) is 3.37. The van der Waals surface area contributed by atoms with Crippen molar-refractivity contribution in [1.82, 2.24) is 9.97 Å². The Hall–Kier alpha value is -0.340. The SMILES string of the molecule is CC(C)CCc1c(Cl)ncnc1Cl. The van der Waals surface area contributed by atoms with Crippen molar-refractivity contribution in [3.8, 4) is 0 Å². The average molecular weight is 219 g/mol. The summed E-state index contributed by atoms with van der Waals surface area (Å²) in [6.07, 6.45) is 3.27. The largest absolute Gasteiger partial charge is 0.224 e. The van der Waals surface area contributed by atoms with Crippen molar-refractivity contribution in [3.05, 3.63) is 22.2 Å². The quantitative estimate of drug-likeness (QED) is 0.728. The van der Waals surface area contributed by atoms with E-state index in [1.165, 1.54) is 6.33 Å². The number of halogens is 2. The monoisotopic (exact) mass is 218 g/mol. The fourth-order valence-electron chi connectivity index (χ4n) is 1.01. The van der Waals surface area contributed by atoms with Crippen LogP contribution in [0.1, 0.15) is 25.8 Å². The molecule has 72 valence electrons. The third-order valence-electron chi connectivity index (χ3n) is 1.81. The summed E-state index contributed by atoms with van der Waals surface area (Å²) in [7, 11) is 0. The van der Waals surface area contributed by atoms with Gasteiger partial charge in [-0.3, -0.25) is 0 Å². The summed E-state index contributed by atoms with van der Waals surface area (Å²) in [5, 5.41) is 0.946. The Morgan fingerprint density at radius 1 is 1.23 bits per heavy atom. The fraction of sp³-hybridized carbons (Fsp3) is 0.556. The molecular weight excluding hydrogens is 207 g/mol. The molecule has 0 atom stereocenters.